The molecule has 0 atom stereocenters. The number of rotatable bonds is 5. The minimum Gasteiger partial charge on any atom is -0.369 e. The average Bonchev–Trinajstić information content (AvgIpc) is 3.36. The molecule has 6 rings (SSSR count). The molecule has 1 aliphatic carbocycles. The van der Waals surface area contributed by atoms with Crippen LogP contribution < -0.4 is 9.74 Å². The maximum Gasteiger partial charge on any atom is 0.365 e. The van der Waals surface area contributed by atoms with Crippen molar-refractivity contribution in [2.45, 2.75) is 38.6 Å². The van der Waals surface area contributed by atoms with E-state index in [2.05, 4.69) is 51.3 Å². The molecule has 1 aliphatic heterocycles. The van der Waals surface area contributed by atoms with Crippen LogP contribution >= 0.6 is 0 Å². The Bertz CT molecular complexity index is 1350. The van der Waals surface area contributed by atoms with E-state index in [-0.39, 0.29) is 0 Å². The molecule has 190 valence electrons. The zero-order valence-corrected chi connectivity index (χ0v) is 21.3. The quantitative estimate of drug-likeness (QED) is 0.360. The summed E-state index contributed by atoms with van der Waals surface area (Å²) in [6.45, 7) is 6.88. The number of nitrogens with zero attached hydrogens (tertiary/aromatic N) is 5. The highest BCUT2D eigenvalue weighted by Gasteiger charge is 2.27. The predicted molar refractivity (Wildman–Crippen MR) is 146 cm³/mol. The van der Waals surface area contributed by atoms with Gasteiger partial charge in [-0.3, -0.25) is 4.90 Å². The molecule has 4 aromatic rings. The number of hydrogen-bond acceptors (Lipinski definition) is 6. The lowest BCUT2D eigenvalue weighted by Gasteiger charge is -2.42. The number of aromatic nitrogens is 3. The van der Waals surface area contributed by atoms with Gasteiger partial charge in [0.1, 0.15) is 11.0 Å². The summed E-state index contributed by atoms with van der Waals surface area (Å²) in [4.78, 5) is 24.5. The number of anilines is 1. The molecule has 2 fully saturated rings. The van der Waals surface area contributed by atoms with Crippen LogP contribution in [0.25, 0.3) is 22.2 Å². The number of carbonyl (C=O) groups excluding carboxylic acids is 1. The number of fused-ring (bicyclic) bond motifs is 1. The number of carbonyl (C=O) groups is 1. The molecule has 0 N–H and O–H groups in total. The molecule has 0 spiro atoms. The number of benzene rings is 3. The molecule has 1 saturated heterocycles. The average molecular weight is 496 g/mol. The van der Waals surface area contributed by atoms with Crippen LogP contribution in [0.5, 0.6) is 0 Å². The molecule has 0 amide bonds. The molecule has 3 aromatic carbocycles. The molecule has 0 bridgehead atoms. The summed E-state index contributed by atoms with van der Waals surface area (Å²) in [5.41, 5.74) is 5.25. The van der Waals surface area contributed by atoms with Crippen molar-refractivity contribution in [2.75, 3.05) is 31.1 Å². The Balaban J connectivity index is 1.06. The summed E-state index contributed by atoms with van der Waals surface area (Å²) >= 11 is 0. The zero-order chi connectivity index (χ0) is 25.2. The van der Waals surface area contributed by atoms with Crippen molar-refractivity contribution in [1.82, 2.24) is 20.1 Å². The van der Waals surface area contributed by atoms with E-state index in [4.69, 9.17) is 4.84 Å². The summed E-state index contributed by atoms with van der Waals surface area (Å²) in [7, 11) is 0. The van der Waals surface area contributed by atoms with Crippen LogP contribution in [0.2, 0.25) is 0 Å². The van der Waals surface area contributed by atoms with Gasteiger partial charge in [0.05, 0.1) is 5.56 Å². The Morgan fingerprint density at radius 3 is 2.16 bits per heavy atom. The van der Waals surface area contributed by atoms with Crippen molar-refractivity contribution in [3.8, 4) is 11.1 Å². The summed E-state index contributed by atoms with van der Waals surface area (Å²) in [6, 6.07) is 24.4. The Morgan fingerprint density at radius 2 is 1.46 bits per heavy atom. The summed E-state index contributed by atoms with van der Waals surface area (Å²) in [5, 5.41) is 7.94. The van der Waals surface area contributed by atoms with Crippen molar-refractivity contribution < 1.29 is 9.63 Å². The standard InChI is InChI=1S/C30H33N5O2/c1-22-6-14-26(15-7-22)33-18-20-34(21-19-33)27-16-12-24(13-17-27)23-8-10-25(11-9-23)30(36)37-35-29-5-3-2-4-28(29)31-32-35/h2-5,8-13,16-17,22,26H,6-7,14-15,18-21H2,1H3/t22-,26-. The monoisotopic (exact) mass is 495 g/mol. The van der Waals surface area contributed by atoms with E-state index in [0.29, 0.717) is 16.6 Å². The highest BCUT2D eigenvalue weighted by Crippen LogP contribution is 2.29. The van der Waals surface area contributed by atoms with Crippen LogP contribution in [0, 0.1) is 5.92 Å². The third kappa shape index (κ3) is 5.09. The van der Waals surface area contributed by atoms with E-state index < -0.39 is 5.97 Å². The number of para-hydroxylation sites is 1. The maximum atomic E-state index is 12.6. The van der Waals surface area contributed by atoms with Crippen molar-refractivity contribution in [1.29, 1.82) is 0 Å². The van der Waals surface area contributed by atoms with Crippen LogP contribution in [-0.4, -0.2) is 58.2 Å². The molecule has 1 aromatic heterocycles. The van der Waals surface area contributed by atoms with Gasteiger partial charge in [-0.15, -0.1) is 5.10 Å². The van der Waals surface area contributed by atoms with E-state index in [1.165, 1.54) is 36.2 Å². The fourth-order valence-electron chi connectivity index (χ4n) is 5.66. The van der Waals surface area contributed by atoms with Crippen LogP contribution in [0.3, 0.4) is 0 Å². The Labute approximate surface area is 217 Å². The van der Waals surface area contributed by atoms with Crippen molar-refractivity contribution in [3.05, 3.63) is 78.4 Å². The predicted octanol–water partition coefficient (Wildman–Crippen LogP) is 5.07. The lowest BCUT2D eigenvalue weighted by atomic mass is 9.86. The fraction of sp³-hybridized carbons (Fsp3) is 0.367. The summed E-state index contributed by atoms with van der Waals surface area (Å²) in [5.74, 6) is 0.431. The third-order valence-electron chi connectivity index (χ3n) is 7.99. The fourth-order valence-corrected chi connectivity index (χ4v) is 5.66. The van der Waals surface area contributed by atoms with E-state index in [0.717, 1.165) is 49.3 Å². The van der Waals surface area contributed by atoms with Crippen LogP contribution in [-0.2, 0) is 0 Å². The van der Waals surface area contributed by atoms with E-state index in [9.17, 15) is 4.79 Å². The first-order chi connectivity index (χ1) is 18.1. The molecule has 2 aliphatic rings. The lowest BCUT2D eigenvalue weighted by Crippen LogP contribution is -2.51. The van der Waals surface area contributed by atoms with Crippen LogP contribution in [0.4, 0.5) is 5.69 Å². The van der Waals surface area contributed by atoms with Gasteiger partial charge >= 0.3 is 5.97 Å². The van der Waals surface area contributed by atoms with Gasteiger partial charge in [-0.2, -0.15) is 0 Å². The molecule has 7 heteroatoms. The van der Waals surface area contributed by atoms with Crippen molar-refractivity contribution in [2.24, 2.45) is 5.92 Å². The molecular formula is C30H33N5O2. The first kappa shape index (κ1) is 23.7. The van der Waals surface area contributed by atoms with Gasteiger partial charge in [0.25, 0.3) is 0 Å². The Kier molecular flexibility index (Phi) is 6.62. The zero-order valence-electron chi connectivity index (χ0n) is 21.3. The first-order valence-electron chi connectivity index (χ1n) is 13.4. The Hall–Kier alpha value is -3.71. The SMILES string of the molecule is C[C@H]1CC[C@H](N2CCN(c3ccc(-c4ccc(C(=O)On5nnc6ccccc65)cc4)cc3)CC2)CC1. The summed E-state index contributed by atoms with van der Waals surface area (Å²) in [6.07, 6.45) is 5.49. The topological polar surface area (TPSA) is 63.5 Å². The largest absolute Gasteiger partial charge is 0.369 e. The van der Waals surface area contributed by atoms with Gasteiger partial charge < -0.3 is 9.74 Å². The molecule has 1 saturated carbocycles. The van der Waals surface area contributed by atoms with E-state index in [1.54, 1.807) is 12.1 Å². The van der Waals surface area contributed by atoms with Gasteiger partial charge in [0.2, 0.25) is 0 Å². The van der Waals surface area contributed by atoms with E-state index >= 15 is 0 Å². The minimum absolute atomic E-state index is 0.463. The van der Waals surface area contributed by atoms with E-state index in [1.807, 2.05) is 36.4 Å². The highest BCUT2D eigenvalue weighted by atomic mass is 16.7. The van der Waals surface area contributed by atoms with Gasteiger partial charge in [-0.25, -0.2) is 4.79 Å². The normalized spacial score (nSPS) is 20.7. The number of hydrogen-bond donors (Lipinski definition) is 0. The van der Waals surface area contributed by atoms with Gasteiger partial charge in [-0.05, 0) is 84.3 Å². The van der Waals surface area contributed by atoms with Gasteiger partial charge in [-0.1, -0.05) is 48.2 Å². The third-order valence-corrected chi connectivity index (χ3v) is 7.99. The lowest BCUT2D eigenvalue weighted by molar-refractivity contribution is 0.0409. The van der Waals surface area contributed by atoms with Crippen molar-refractivity contribution >= 4 is 22.7 Å². The van der Waals surface area contributed by atoms with Gasteiger partial charge in [0.15, 0.2) is 0 Å². The molecule has 37 heavy (non-hydrogen) atoms. The minimum atomic E-state index is -0.473. The second kappa shape index (κ2) is 10.3. The smallest absolute Gasteiger partial charge is 0.365 e. The number of piperazine rings is 1. The molecule has 7 nitrogen and oxygen atoms in total. The maximum absolute atomic E-state index is 12.6. The van der Waals surface area contributed by atoms with Crippen LogP contribution in [0.15, 0.2) is 72.8 Å². The molecular weight excluding hydrogens is 462 g/mol. The van der Waals surface area contributed by atoms with Crippen LogP contribution in [0.1, 0.15) is 43.0 Å². The second-order valence-corrected chi connectivity index (χ2v) is 10.4. The molecule has 0 radical (unpaired) electrons. The molecule has 2 heterocycles. The van der Waals surface area contributed by atoms with Crippen molar-refractivity contribution in [3.63, 3.8) is 0 Å². The Morgan fingerprint density at radius 1 is 0.811 bits per heavy atom. The highest BCUT2D eigenvalue weighted by molar-refractivity contribution is 5.90. The second-order valence-electron chi connectivity index (χ2n) is 10.4. The molecule has 0 unspecified atom stereocenters. The summed E-state index contributed by atoms with van der Waals surface area (Å²) < 4.78 is 0. The first-order valence-corrected chi connectivity index (χ1v) is 13.4. The van der Waals surface area contributed by atoms with Gasteiger partial charge in [0, 0.05) is 37.9 Å².